The minimum absolute atomic E-state index is 0.0767. The molecule has 2 aromatic carbocycles. The van der Waals surface area contributed by atoms with Crippen LogP contribution in [0, 0.1) is 17.5 Å². The molecule has 0 unspecified atom stereocenters. The number of hydrogen-bond acceptors (Lipinski definition) is 3. The molecule has 0 saturated carbocycles. The lowest BCUT2D eigenvalue weighted by Crippen LogP contribution is -2.25. The van der Waals surface area contributed by atoms with Crippen molar-refractivity contribution < 1.29 is 13.2 Å². The van der Waals surface area contributed by atoms with Gasteiger partial charge in [0.1, 0.15) is 23.3 Å². The molecule has 0 atom stereocenters. The highest BCUT2D eigenvalue weighted by molar-refractivity contribution is 6.30. The summed E-state index contributed by atoms with van der Waals surface area (Å²) in [6, 6.07) is 7.50. The molecule has 142 valence electrons. The van der Waals surface area contributed by atoms with Gasteiger partial charge in [0.2, 0.25) is 0 Å². The maximum Gasteiger partial charge on any atom is 0.286 e. The molecule has 0 N–H and O–H groups in total. The van der Waals surface area contributed by atoms with Crippen molar-refractivity contribution in [3.63, 3.8) is 0 Å². The van der Waals surface area contributed by atoms with E-state index in [1.807, 2.05) is 0 Å². The normalized spacial score (nSPS) is 11.3. The molecule has 4 aromatic rings. The van der Waals surface area contributed by atoms with Crippen molar-refractivity contribution in [3.05, 3.63) is 86.9 Å². The van der Waals surface area contributed by atoms with Crippen LogP contribution in [0.15, 0.2) is 47.5 Å². The van der Waals surface area contributed by atoms with Crippen LogP contribution in [0.5, 0.6) is 0 Å². The van der Waals surface area contributed by atoms with Gasteiger partial charge in [0.25, 0.3) is 5.56 Å². The van der Waals surface area contributed by atoms with Crippen LogP contribution in [0.25, 0.3) is 16.9 Å². The summed E-state index contributed by atoms with van der Waals surface area (Å²) in [6.07, 6.45) is 1.06. The van der Waals surface area contributed by atoms with Gasteiger partial charge in [0, 0.05) is 36.2 Å². The quantitative estimate of drug-likeness (QED) is 0.522. The van der Waals surface area contributed by atoms with Crippen molar-refractivity contribution in [2.45, 2.75) is 6.42 Å². The molecule has 0 aliphatic heterocycles. The summed E-state index contributed by atoms with van der Waals surface area (Å²) in [4.78, 5) is 21.5. The lowest BCUT2D eigenvalue weighted by atomic mass is 10.1. The molecule has 0 spiro atoms. The Labute approximate surface area is 161 Å². The molecule has 0 radical (unpaired) electrons. The third kappa shape index (κ3) is 3.05. The van der Waals surface area contributed by atoms with E-state index in [0.29, 0.717) is 22.8 Å². The minimum atomic E-state index is -1.06. The van der Waals surface area contributed by atoms with Gasteiger partial charge in [0.15, 0.2) is 11.2 Å². The molecule has 5 nitrogen and oxygen atoms in total. The fourth-order valence-electron chi connectivity index (χ4n) is 2.98. The summed E-state index contributed by atoms with van der Waals surface area (Å²) in [5, 5.41) is 0.459. The van der Waals surface area contributed by atoms with E-state index in [2.05, 4.69) is 9.97 Å². The molecule has 0 saturated heterocycles. The molecule has 2 heterocycles. The van der Waals surface area contributed by atoms with E-state index in [0.717, 1.165) is 0 Å². The van der Waals surface area contributed by atoms with Crippen LogP contribution in [0.2, 0.25) is 5.02 Å². The second-order valence-corrected chi connectivity index (χ2v) is 6.63. The van der Waals surface area contributed by atoms with Crippen molar-refractivity contribution >= 4 is 22.8 Å². The van der Waals surface area contributed by atoms with Crippen molar-refractivity contribution in [2.75, 3.05) is 0 Å². The third-order valence-electron chi connectivity index (χ3n) is 4.33. The SMILES string of the molecule is Cn1cnc2c(=O)n(-c3ccc(Cl)cc3)c(Cc3c(F)cc(F)cc3F)nc21. The molecular weight excluding hydrogens is 393 g/mol. The Balaban J connectivity index is 1.99. The van der Waals surface area contributed by atoms with E-state index >= 15 is 0 Å². The van der Waals surface area contributed by atoms with Gasteiger partial charge in [-0.05, 0) is 24.3 Å². The lowest BCUT2D eigenvalue weighted by Gasteiger charge is -2.13. The second kappa shape index (κ2) is 6.79. The predicted molar refractivity (Wildman–Crippen MR) is 98.2 cm³/mol. The number of nitrogens with zero attached hydrogens (tertiary/aromatic N) is 4. The zero-order valence-electron chi connectivity index (χ0n) is 14.5. The first-order valence-corrected chi connectivity index (χ1v) is 8.55. The molecule has 28 heavy (non-hydrogen) atoms. The van der Waals surface area contributed by atoms with Gasteiger partial charge in [-0.25, -0.2) is 23.1 Å². The van der Waals surface area contributed by atoms with Crippen molar-refractivity contribution in [1.82, 2.24) is 19.1 Å². The van der Waals surface area contributed by atoms with E-state index < -0.39 is 28.6 Å². The van der Waals surface area contributed by atoms with Gasteiger partial charge < -0.3 is 4.57 Å². The topological polar surface area (TPSA) is 52.7 Å². The van der Waals surface area contributed by atoms with Gasteiger partial charge in [-0.2, -0.15) is 0 Å². The van der Waals surface area contributed by atoms with E-state index in [9.17, 15) is 18.0 Å². The van der Waals surface area contributed by atoms with E-state index in [1.54, 1.807) is 31.3 Å². The van der Waals surface area contributed by atoms with Crippen molar-refractivity contribution in [1.29, 1.82) is 0 Å². The first kappa shape index (κ1) is 18.2. The lowest BCUT2D eigenvalue weighted by molar-refractivity contribution is 0.525. The Morgan fingerprint density at radius 1 is 1.07 bits per heavy atom. The summed E-state index contributed by atoms with van der Waals surface area (Å²) >= 11 is 5.91. The Hall–Kier alpha value is -3.13. The maximum atomic E-state index is 14.2. The fourth-order valence-corrected chi connectivity index (χ4v) is 3.10. The number of aryl methyl sites for hydroxylation is 1. The van der Waals surface area contributed by atoms with Crippen LogP contribution in [-0.2, 0) is 13.5 Å². The summed E-state index contributed by atoms with van der Waals surface area (Å²) in [7, 11) is 1.65. The fraction of sp³-hybridized carbons (Fsp3) is 0.105. The van der Waals surface area contributed by atoms with Gasteiger partial charge >= 0.3 is 0 Å². The Morgan fingerprint density at radius 3 is 2.36 bits per heavy atom. The Kier molecular flexibility index (Phi) is 4.43. The molecule has 2 aromatic heterocycles. The zero-order chi connectivity index (χ0) is 20.0. The van der Waals surface area contributed by atoms with E-state index in [4.69, 9.17) is 11.6 Å². The van der Waals surface area contributed by atoms with Crippen molar-refractivity contribution in [3.8, 4) is 5.69 Å². The van der Waals surface area contributed by atoms with Gasteiger partial charge in [0.05, 0.1) is 12.0 Å². The molecule has 4 rings (SSSR count). The smallest absolute Gasteiger partial charge is 0.286 e. The monoisotopic (exact) mass is 404 g/mol. The number of fused-ring (bicyclic) bond motifs is 1. The minimum Gasteiger partial charge on any atom is -0.318 e. The molecule has 0 bridgehead atoms. The third-order valence-corrected chi connectivity index (χ3v) is 4.58. The van der Waals surface area contributed by atoms with Gasteiger partial charge in [-0.3, -0.25) is 9.36 Å². The number of benzene rings is 2. The molecular formula is C19H12ClF3N4O. The standard InChI is InChI=1S/C19H12ClF3N4O/c1-26-9-24-17-18(26)25-16(8-13-14(22)6-11(21)7-15(13)23)27(19(17)28)12-4-2-10(20)3-5-12/h2-7,9H,8H2,1H3. The van der Waals surface area contributed by atoms with Crippen LogP contribution >= 0.6 is 11.6 Å². The zero-order valence-corrected chi connectivity index (χ0v) is 15.2. The summed E-state index contributed by atoms with van der Waals surface area (Å²) in [6.45, 7) is 0. The number of rotatable bonds is 3. The molecule has 9 heteroatoms. The number of halogens is 4. The first-order valence-electron chi connectivity index (χ1n) is 8.17. The maximum absolute atomic E-state index is 14.2. The highest BCUT2D eigenvalue weighted by Crippen LogP contribution is 2.21. The molecule has 0 aliphatic rings. The van der Waals surface area contributed by atoms with Crippen LogP contribution in [0.1, 0.15) is 11.4 Å². The summed E-state index contributed by atoms with van der Waals surface area (Å²) in [5.74, 6) is -3.06. The molecule has 0 aliphatic carbocycles. The highest BCUT2D eigenvalue weighted by atomic mass is 35.5. The first-order chi connectivity index (χ1) is 13.3. The largest absolute Gasteiger partial charge is 0.318 e. The Morgan fingerprint density at radius 2 is 1.71 bits per heavy atom. The average molecular weight is 405 g/mol. The van der Waals surface area contributed by atoms with E-state index in [-0.39, 0.29) is 23.4 Å². The average Bonchev–Trinajstić information content (AvgIpc) is 3.01. The summed E-state index contributed by atoms with van der Waals surface area (Å²) < 4.78 is 44.4. The second-order valence-electron chi connectivity index (χ2n) is 6.20. The summed E-state index contributed by atoms with van der Waals surface area (Å²) in [5.41, 5.74) is -0.0924. The predicted octanol–water partition coefficient (Wildman–Crippen LogP) is 3.78. The highest BCUT2D eigenvalue weighted by Gasteiger charge is 2.20. The number of aromatic nitrogens is 4. The number of hydrogen-bond donors (Lipinski definition) is 0. The van der Waals surface area contributed by atoms with Crippen LogP contribution in [-0.4, -0.2) is 19.1 Å². The van der Waals surface area contributed by atoms with Crippen molar-refractivity contribution in [2.24, 2.45) is 7.05 Å². The van der Waals surface area contributed by atoms with Crippen LogP contribution in [0.3, 0.4) is 0 Å². The molecule has 0 fully saturated rings. The van der Waals surface area contributed by atoms with Crippen LogP contribution < -0.4 is 5.56 Å². The molecule has 0 amide bonds. The number of imidazole rings is 1. The van der Waals surface area contributed by atoms with E-state index in [1.165, 1.54) is 15.5 Å². The van der Waals surface area contributed by atoms with Gasteiger partial charge in [-0.1, -0.05) is 11.6 Å². The van der Waals surface area contributed by atoms with Crippen LogP contribution in [0.4, 0.5) is 13.2 Å². The Bertz CT molecular complexity index is 1240. The van der Waals surface area contributed by atoms with Gasteiger partial charge in [-0.15, -0.1) is 0 Å².